The maximum Gasteiger partial charge on any atom is 0.142 e. The number of nitrogens with zero attached hydrogens (tertiary/aromatic N) is 2. The van der Waals surface area contributed by atoms with Gasteiger partial charge in [0.25, 0.3) is 0 Å². The van der Waals surface area contributed by atoms with Gasteiger partial charge < -0.3 is 0 Å². The number of pyridine rings is 1. The lowest BCUT2D eigenvalue weighted by atomic mass is 10.1. The van der Waals surface area contributed by atoms with E-state index < -0.39 is 0 Å². The largest absolute Gasteiger partial charge is 0.253 e. The third kappa shape index (κ3) is 2.42. The zero-order valence-corrected chi connectivity index (χ0v) is 11.5. The van der Waals surface area contributed by atoms with Crippen LogP contribution in [0.25, 0.3) is 22.0 Å². The number of hydrogen-bond donors (Lipinski definition) is 0. The number of aromatic nitrogens is 2. The lowest BCUT2D eigenvalue weighted by Gasteiger charge is -2.02. The molecule has 0 unspecified atom stereocenters. The number of thiazole rings is 1. The monoisotopic (exact) mass is 266 g/mol. The first-order valence-corrected chi connectivity index (χ1v) is 7.21. The fourth-order valence-electron chi connectivity index (χ4n) is 2.04. The van der Waals surface area contributed by atoms with E-state index in [1.165, 1.54) is 5.56 Å². The third-order valence-electron chi connectivity index (χ3n) is 3.05. The fourth-order valence-corrected chi connectivity index (χ4v) is 2.90. The first-order chi connectivity index (χ1) is 9.38. The SMILES string of the molecule is CCc1cccnc1-c1nc(-c2ccccc2)cs1. The van der Waals surface area contributed by atoms with Gasteiger partial charge in [-0.1, -0.05) is 43.3 Å². The fraction of sp³-hybridized carbons (Fsp3) is 0.125. The average Bonchev–Trinajstić information content (AvgIpc) is 2.98. The summed E-state index contributed by atoms with van der Waals surface area (Å²) in [6.07, 6.45) is 2.81. The second kappa shape index (κ2) is 5.33. The van der Waals surface area contributed by atoms with Crippen molar-refractivity contribution in [3.63, 3.8) is 0 Å². The van der Waals surface area contributed by atoms with E-state index in [1.54, 1.807) is 11.3 Å². The van der Waals surface area contributed by atoms with Gasteiger partial charge in [-0.2, -0.15) is 0 Å². The molecule has 0 fully saturated rings. The van der Waals surface area contributed by atoms with E-state index in [1.807, 2.05) is 30.5 Å². The van der Waals surface area contributed by atoms with E-state index in [-0.39, 0.29) is 0 Å². The molecule has 0 aliphatic heterocycles. The summed E-state index contributed by atoms with van der Waals surface area (Å²) in [5, 5.41) is 3.09. The maximum absolute atomic E-state index is 4.72. The van der Waals surface area contributed by atoms with Crippen molar-refractivity contribution in [1.82, 2.24) is 9.97 Å². The minimum absolute atomic E-state index is 0.976. The predicted molar refractivity (Wildman–Crippen MR) is 80.2 cm³/mol. The summed E-state index contributed by atoms with van der Waals surface area (Å²) in [5.74, 6) is 0. The van der Waals surface area contributed by atoms with Crippen LogP contribution in [0.1, 0.15) is 12.5 Å². The van der Waals surface area contributed by atoms with Gasteiger partial charge in [0, 0.05) is 17.1 Å². The molecule has 0 spiro atoms. The zero-order valence-electron chi connectivity index (χ0n) is 10.7. The smallest absolute Gasteiger partial charge is 0.142 e. The summed E-state index contributed by atoms with van der Waals surface area (Å²) < 4.78 is 0. The van der Waals surface area contributed by atoms with Crippen molar-refractivity contribution >= 4 is 11.3 Å². The van der Waals surface area contributed by atoms with Crippen molar-refractivity contribution in [2.45, 2.75) is 13.3 Å². The number of hydrogen-bond acceptors (Lipinski definition) is 3. The van der Waals surface area contributed by atoms with E-state index in [2.05, 4.69) is 35.5 Å². The van der Waals surface area contributed by atoms with Crippen LogP contribution < -0.4 is 0 Å². The highest BCUT2D eigenvalue weighted by atomic mass is 32.1. The molecule has 2 heterocycles. The molecule has 0 amide bonds. The highest BCUT2D eigenvalue weighted by molar-refractivity contribution is 7.13. The Morgan fingerprint density at radius 2 is 1.89 bits per heavy atom. The summed E-state index contributed by atoms with van der Waals surface area (Å²) in [4.78, 5) is 9.19. The predicted octanol–water partition coefficient (Wildman–Crippen LogP) is 4.43. The second-order valence-electron chi connectivity index (χ2n) is 4.27. The van der Waals surface area contributed by atoms with Crippen LogP contribution in [0.4, 0.5) is 0 Å². The average molecular weight is 266 g/mol. The summed E-state index contributed by atoms with van der Waals surface area (Å²) in [6.45, 7) is 2.15. The van der Waals surface area contributed by atoms with Crippen molar-refractivity contribution in [2.75, 3.05) is 0 Å². The lowest BCUT2D eigenvalue weighted by molar-refractivity contribution is 1.10. The first-order valence-electron chi connectivity index (χ1n) is 6.33. The molecule has 0 N–H and O–H groups in total. The number of benzene rings is 1. The van der Waals surface area contributed by atoms with Gasteiger partial charge in [0.05, 0.1) is 5.69 Å². The minimum atomic E-state index is 0.976. The topological polar surface area (TPSA) is 25.8 Å². The van der Waals surface area contributed by atoms with Gasteiger partial charge in [0.1, 0.15) is 10.7 Å². The highest BCUT2D eigenvalue weighted by Crippen LogP contribution is 2.29. The van der Waals surface area contributed by atoms with Crippen LogP contribution in [-0.2, 0) is 6.42 Å². The molecule has 3 rings (SSSR count). The van der Waals surface area contributed by atoms with Crippen LogP contribution in [-0.4, -0.2) is 9.97 Å². The van der Waals surface area contributed by atoms with Gasteiger partial charge in [0.15, 0.2) is 0 Å². The Bertz CT molecular complexity index is 674. The molecule has 0 saturated heterocycles. The van der Waals surface area contributed by atoms with Gasteiger partial charge in [-0.25, -0.2) is 4.98 Å². The van der Waals surface area contributed by atoms with Crippen molar-refractivity contribution in [1.29, 1.82) is 0 Å². The molecule has 19 heavy (non-hydrogen) atoms. The standard InChI is InChI=1S/C16H14N2S/c1-2-12-9-6-10-17-15(12)16-18-14(11-19-16)13-7-4-3-5-8-13/h3-11H,2H2,1H3. The Hall–Kier alpha value is -2.00. The molecule has 0 aliphatic rings. The van der Waals surface area contributed by atoms with Gasteiger partial charge in [0.2, 0.25) is 0 Å². The van der Waals surface area contributed by atoms with Crippen LogP contribution >= 0.6 is 11.3 Å². The Kier molecular flexibility index (Phi) is 3.38. The summed E-state index contributed by atoms with van der Waals surface area (Å²) in [6, 6.07) is 14.3. The van der Waals surface area contributed by atoms with Gasteiger partial charge in [-0.15, -0.1) is 11.3 Å². The molecule has 2 aromatic heterocycles. The van der Waals surface area contributed by atoms with Crippen LogP contribution in [0.2, 0.25) is 0 Å². The molecule has 3 aromatic rings. The van der Waals surface area contributed by atoms with Crippen LogP contribution in [0.15, 0.2) is 54.0 Å². The van der Waals surface area contributed by atoms with Crippen LogP contribution in [0, 0.1) is 0 Å². The molecule has 2 nitrogen and oxygen atoms in total. The molecular weight excluding hydrogens is 252 g/mol. The quantitative estimate of drug-likeness (QED) is 0.700. The van der Waals surface area contributed by atoms with Gasteiger partial charge in [-0.3, -0.25) is 4.98 Å². The second-order valence-corrected chi connectivity index (χ2v) is 5.13. The number of rotatable bonds is 3. The van der Waals surface area contributed by atoms with Crippen LogP contribution in [0.5, 0.6) is 0 Å². The Morgan fingerprint density at radius 1 is 1.05 bits per heavy atom. The van der Waals surface area contributed by atoms with Crippen LogP contribution in [0.3, 0.4) is 0 Å². The van der Waals surface area contributed by atoms with Gasteiger partial charge >= 0.3 is 0 Å². The van der Waals surface area contributed by atoms with Crippen molar-refractivity contribution in [3.8, 4) is 22.0 Å². The molecule has 1 aromatic carbocycles. The summed E-state index contributed by atoms with van der Waals surface area (Å²) >= 11 is 1.65. The molecule has 0 aliphatic carbocycles. The van der Waals surface area contributed by atoms with Gasteiger partial charge in [-0.05, 0) is 18.1 Å². The van der Waals surface area contributed by atoms with Crippen molar-refractivity contribution < 1.29 is 0 Å². The third-order valence-corrected chi connectivity index (χ3v) is 3.90. The molecule has 0 saturated carbocycles. The van der Waals surface area contributed by atoms with E-state index >= 15 is 0 Å². The van der Waals surface area contributed by atoms with E-state index in [9.17, 15) is 0 Å². The Morgan fingerprint density at radius 3 is 2.68 bits per heavy atom. The molecular formula is C16H14N2S. The first kappa shape index (κ1) is 12.1. The Labute approximate surface area is 116 Å². The normalized spacial score (nSPS) is 10.6. The highest BCUT2D eigenvalue weighted by Gasteiger charge is 2.10. The minimum Gasteiger partial charge on any atom is -0.253 e. The van der Waals surface area contributed by atoms with E-state index in [0.29, 0.717) is 0 Å². The Balaban J connectivity index is 2.02. The zero-order chi connectivity index (χ0) is 13.1. The van der Waals surface area contributed by atoms with Crippen molar-refractivity contribution in [2.24, 2.45) is 0 Å². The van der Waals surface area contributed by atoms with E-state index in [4.69, 9.17) is 4.98 Å². The van der Waals surface area contributed by atoms with E-state index in [0.717, 1.165) is 28.4 Å². The summed E-state index contributed by atoms with van der Waals surface area (Å²) in [5.41, 5.74) is 4.43. The molecule has 0 bridgehead atoms. The molecule has 3 heteroatoms. The summed E-state index contributed by atoms with van der Waals surface area (Å²) in [7, 11) is 0. The molecule has 94 valence electrons. The molecule has 0 radical (unpaired) electrons. The number of aryl methyl sites for hydroxylation is 1. The maximum atomic E-state index is 4.72. The lowest BCUT2D eigenvalue weighted by Crippen LogP contribution is -1.90. The van der Waals surface area contributed by atoms with Crippen molar-refractivity contribution in [3.05, 3.63) is 59.6 Å². The molecule has 0 atom stereocenters.